The van der Waals surface area contributed by atoms with Crippen LogP contribution in [0.15, 0.2) is 30.3 Å². The molecular weight excluding hydrogens is 318 g/mol. The number of hydrogen-bond donors (Lipinski definition) is 0. The Morgan fingerprint density at radius 3 is 1.69 bits per heavy atom. The van der Waals surface area contributed by atoms with Gasteiger partial charge in [0, 0.05) is 0 Å². The molecule has 150 valence electrons. The van der Waals surface area contributed by atoms with Crippen molar-refractivity contribution in [3.63, 3.8) is 0 Å². The van der Waals surface area contributed by atoms with Gasteiger partial charge in [-0.2, -0.15) is 0 Å². The predicted molar refractivity (Wildman–Crippen MR) is 115 cm³/mol. The SMILES string of the molecule is CCCCCCCCCCCCCC[N+](C)(C)CCOc1ccccc1. The van der Waals surface area contributed by atoms with Gasteiger partial charge in [0.15, 0.2) is 0 Å². The average molecular weight is 363 g/mol. The van der Waals surface area contributed by atoms with Crippen LogP contribution in [0.5, 0.6) is 5.75 Å². The van der Waals surface area contributed by atoms with Gasteiger partial charge in [0.25, 0.3) is 0 Å². The first-order chi connectivity index (χ1) is 12.6. The highest BCUT2D eigenvalue weighted by Crippen LogP contribution is 2.13. The highest BCUT2D eigenvalue weighted by molar-refractivity contribution is 5.20. The molecule has 26 heavy (non-hydrogen) atoms. The van der Waals surface area contributed by atoms with E-state index in [-0.39, 0.29) is 0 Å². The second-order valence-electron chi connectivity index (χ2n) is 8.43. The summed E-state index contributed by atoms with van der Waals surface area (Å²) in [4.78, 5) is 0. The molecule has 0 saturated carbocycles. The molecule has 2 nitrogen and oxygen atoms in total. The van der Waals surface area contributed by atoms with Crippen LogP contribution in [0.2, 0.25) is 0 Å². The van der Waals surface area contributed by atoms with Crippen molar-refractivity contribution in [3.05, 3.63) is 30.3 Å². The second-order valence-corrected chi connectivity index (χ2v) is 8.43. The van der Waals surface area contributed by atoms with Crippen LogP contribution in [0.1, 0.15) is 84.0 Å². The number of unbranched alkanes of at least 4 members (excludes halogenated alkanes) is 11. The van der Waals surface area contributed by atoms with Gasteiger partial charge in [0.1, 0.15) is 18.9 Å². The standard InChI is InChI=1S/C24H44NO/c1-4-5-6-7-8-9-10-11-12-13-14-18-21-25(2,3)22-23-26-24-19-16-15-17-20-24/h15-17,19-20H,4-14,18,21-23H2,1-3H3/q+1. The molecule has 2 heteroatoms. The third kappa shape index (κ3) is 13.2. The zero-order valence-electron chi connectivity index (χ0n) is 17.8. The molecule has 0 fully saturated rings. The molecule has 0 aliphatic carbocycles. The summed E-state index contributed by atoms with van der Waals surface area (Å²) in [6.07, 6.45) is 17.1. The number of quaternary nitrogens is 1. The van der Waals surface area contributed by atoms with Crippen LogP contribution in [0.25, 0.3) is 0 Å². The summed E-state index contributed by atoms with van der Waals surface area (Å²) in [5, 5.41) is 0. The summed E-state index contributed by atoms with van der Waals surface area (Å²) in [5.41, 5.74) is 0. The molecule has 0 aliphatic heterocycles. The minimum Gasteiger partial charge on any atom is -0.488 e. The van der Waals surface area contributed by atoms with E-state index in [0.717, 1.165) is 23.4 Å². The van der Waals surface area contributed by atoms with Gasteiger partial charge < -0.3 is 9.22 Å². The topological polar surface area (TPSA) is 9.23 Å². The van der Waals surface area contributed by atoms with Crippen LogP contribution in [0, 0.1) is 0 Å². The summed E-state index contributed by atoms with van der Waals surface area (Å²) in [6, 6.07) is 10.2. The van der Waals surface area contributed by atoms with Crippen molar-refractivity contribution < 1.29 is 9.22 Å². The smallest absolute Gasteiger partial charge is 0.137 e. The van der Waals surface area contributed by atoms with Gasteiger partial charge in [-0.25, -0.2) is 0 Å². The molecule has 0 atom stereocenters. The lowest BCUT2D eigenvalue weighted by Crippen LogP contribution is -2.43. The summed E-state index contributed by atoms with van der Waals surface area (Å²) in [6.45, 7) is 5.43. The number of hydrogen-bond acceptors (Lipinski definition) is 1. The maximum atomic E-state index is 5.84. The number of benzene rings is 1. The summed E-state index contributed by atoms with van der Waals surface area (Å²) < 4.78 is 6.90. The van der Waals surface area contributed by atoms with Crippen molar-refractivity contribution in [2.24, 2.45) is 0 Å². The van der Waals surface area contributed by atoms with E-state index in [1.54, 1.807) is 0 Å². The van der Waals surface area contributed by atoms with Crippen molar-refractivity contribution in [1.82, 2.24) is 0 Å². The maximum absolute atomic E-state index is 5.84. The van der Waals surface area contributed by atoms with Crippen LogP contribution in [-0.4, -0.2) is 38.3 Å². The van der Waals surface area contributed by atoms with Crippen LogP contribution < -0.4 is 4.74 Å². The molecule has 0 heterocycles. The summed E-state index contributed by atoms with van der Waals surface area (Å²) >= 11 is 0. The monoisotopic (exact) mass is 362 g/mol. The Labute approximate surface area is 163 Å². The van der Waals surface area contributed by atoms with Gasteiger partial charge >= 0.3 is 0 Å². The van der Waals surface area contributed by atoms with Crippen LogP contribution in [-0.2, 0) is 0 Å². The Morgan fingerprint density at radius 1 is 0.654 bits per heavy atom. The normalized spacial score (nSPS) is 11.7. The number of ether oxygens (including phenoxy) is 1. The van der Waals surface area contributed by atoms with Gasteiger partial charge in [0.05, 0.1) is 20.6 Å². The van der Waals surface area contributed by atoms with Gasteiger partial charge in [0.2, 0.25) is 0 Å². The second kappa shape index (κ2) is 15.1. The fourth-order valence-electron chi connectivity index (χ4n) is 3.42. The molecule has 1 rings (SSSR count). The average Bonchev–Trinajstić information content (AvgIpc) is 2.63. The largest absolute Gasteiger partial charge is 0.488 e. The van der Waals surface area contributed by atoms with E-state index in [4.69, 9.17) is 4.74 Å². The fourth-order valence-corrected chi connectivity index (χ4v) is 3.42. The minimum absolute atomic E-state index is 0.801. The number of nitrogens with zero attached hydrogens (tertiary/aromatic N) is 1. The molecule has 0 aromatic heterocycles. The highest BCUT2D eigenvalue weighted by Gasteiger charge is 2.14. The van der Waals surface area contributed by atoms with E-state index in [1.807, 2.05) is 30.3 Å². The molecule has 0 radical (unpaired) electrons. The van der Waals surface area contributed by atoms with Gasteiger partial charge in [-0.05, 0) is 25.0 Å². The molecular formula is C24H44NO+. The zero-order valence-corrected chi connectivity index (χ0v) is 17.8. The molecule has 1 aromatic carbocycles. The molecule has 1 aromatic rings. The molecule has 0 saturated heterocycles. The predicted octanol–water partition coefficient (Wildman–Crippen LogP) is 6.84. The van der Waals surface area contributed by atoms with E-state index in [9.17, 15) is 0 Å². The molecule has 0 unspecified atom stereocenters. The van der Waals surface area contributed by atoms with Crippen LogP contribution >= 0.6 is 0 Å². The Bertz CT molecular complexity index is 415. The Kier molecular flexibility index (Phi) is 13.4. The van der Waals surface area contributed by atoms with E-state index < -0.39 is 0 Å². The van der Waals surface area contributed by atoms with Crippen molar-refractivity contribution in [1.29, 1.82) is 0 Å². The van der Waals surface area contributed by atoms with Gasteiger partial charge in [-0.15, -0.1) is 0 Å². The quantitative estimate of drug-likeness (QED) is 0.218. The zero-order chi connectivity index (χ0) is 18.9. The summed E-state index contributed by atoms with van der Waals surface area (Å²) in [5.74, 6) is 0.984. The highest BCUT2D eigenvalue weighted by atomic mass is 16.5. The van der Waals surface area contributed by atoms with E-state index in [1.165, 1.54) is 83.6 Å². The van der Waals surface area contributed by atoms with Gasteiger partial charge in [-0.3, -0.25) is 0 Å². The third-order valence-electron chi connectivity index (χ3n) is 5.33. The van der Waals surface area contributed by atoms with Crippen molar-refractivity contribution in [3.8, 4) is 5.75 Å². The maximum Gasteiger partial charge on any atom is 0.137 e. The molecule has 0 bridgehead atoms. The van der Waals surface area contributed by atoms with Crippen molar-refractivity contribution in [2.75, 3.05) is 33.8 Å². The number of likely N-dealkylation sites (N-methyl/N-ethyl adjacent to an activating group) is 1. The van der Waals surface area contributed by atoms with E-state index in [0.29, 0.717) is 0 Å². The Morgan fingerprint density at radius 2 is 1.15 bits per heavy atom. The molecule has 0 aliphatic rings. The Hall–Kier alpha value is -1.02. The van der Waals surface area contributed by atoms with E-state index in [2.05, 4.69) is 21.0 Å². The summed E-state index contributed by atoms with van der Waals surface area (Å²) in [7, 11) is 4.65. The van der Waals surface area contributed by atoms with Crippen molar-refractivity contribution >= 4 is 0 Å². The number of rotatable bonds is 17. The van der Waals surface area contributed by atoms with Gasteiger partial charge in [-0.1, -0.05) is 89.3 Å². The Balaban J connectivity index is 1.89. The van der Waals surface area contributed by atoms with Crippen molar-refractivity contribution in [2.45, 2.75) is 84.0 Å². The first kappa shape index (κ1) is 23.0. The fraction of sp³-hybridized carbons (Fsp3) is 0.750. The first-order valence-corrected chi connectivity index (χ1v) is 11.1. The first-order valence-electron chi connectivity index (χ1n) is 11.1. The van der Waals surface area contributed by atoms with Crippen LogP contribution in [0.3, 0.4) is 0 Å². The molecule has 0 amide bonds. The lowest BCUT2D eigenvalue weighted by atomic mass is 10.1. The minimum atomic E-state index is 0.801. The van der Waals surface area contributed by atoms with Crippen LogP contribution in [0.4, 0.5) is 0 Å². The molecule has 0 spiro atoms. The number of para-hydroxylation sites is 1. The molecule has 0 N–H and O–H groups in total. The lowest BCUT2D eigenvalue weighted by Gasteiger charge is -2.29. The lowest BCUT2D eigenvalue weighted by molar-refractivity contribution is -0.890. The third-order valence-corrected chi connectivity index (χ3v) is 5.33. The van der Waals surface area contributed by atoms with E-state index >= 15 is 0 Å².